The Hall–Kier alpha value is -1.61. The molecule has 3 nitrogen and oxygen atoms in total. The van der Waals surface area contributed by atoms with Crippen molar-refractivity contribution in [3.8, 4) is 11.3 Å². The van der Waals surface area contributed by atoms with Gasteiger partial charge in [0.25, 0.3) is 0 Å². The summed E-state index contributed by atoms with van der Waals surface area (Å²) in [6.45, 7) is 5.12. The van der Waals surface area contributed by atoms with E-state index in [0.717, 1.165) is 31.9 Å². The van der Waals surface area contributed by atoms with Gasteiger partial charge in [-0.3, -0.25) is 0 Å². The number of hydrogen-bond donors (Lipinski definition) is 1. The number of hydrogen-bond acceptors (Lipinski definition) is 2. The highest BCUT2D eigenvalue weighted by Crippen LogP contribution is 2.23. The van der Waals surface area contributed by atoms with E-state index >= 15 is 0 Å². The van der Waals surface area contributed by atoms with Crippen molar-refractivity contribution in [1.29, 1.82) is 0 Å². The number of nitrogens with one attached hydrogen (secondary N) is 1. The first-order valence-corrected chi connectivity index (χ1v) is 6.23. The second-order valence-electron chi connectivity index (χ2n) is 4.44. The van der Waals surface area contributed by atoms with Crippen molar-refractivity contribution in [2.45, 2.75) is 26.4 Å². The molecule has 2 aromatic rings. The Morgan fingerprint density at radius 1 is 1.41 bits per heavy atom. The highest BCUT2D eigenvalue weighted by atomic mass is 15.2. The lowest BCUT2D eigenvalue weighted by Gasteiger charge is -2.17. The monoisotopic (exact) mass is 227 g/mol. The standard InChI is InChI=1S/C14H17N3/c1-2-11-4-3-5-12(8-11)13-9-16-14-10-15-6-7-17(13)14/h3-5,8-9,15H,2,6-7,10H2,1H3. The zero-order valence-electron chi connectivity index (χ0n) is 10.1. The van der Waals surface area contributed by atoms with Crippen LogP contribution in [0.5, 0.6) is 0 Å². The van der Waals surface area contributed by atoms with E-state index in [2.05, 4.69) is 46.1 Å². The molecule has 0 bridgehead atoms. The molecule has 1 N–H and O–H groups in total. The summed E-state index contributed by atoms with van der Waals surface area (Å²) in [4.78, 5) is 4.49. The van der Waals surface area contributed by atoms with Gasteiger partial charge in [-0.1, -0.05) is 25.1 Å². The molecule has 2 heterocycles. The molecule has 1 aromatic carbocycles. The van der Waals surface area contributed by atoms with Crippen molar-refractivity contribution in [2.24, 2.45) is 0 Å². The molecular weight excluding hydrogens is 210 g/mol. The summed E-state index contributed by atoms with van der Waals surface area (Å²) in [5.41, 5.74) is 3.91. The Morgan fingerprint density at radius 3 is 3.24 bits per heavy atom. The maximum atomic E-state index is 4.49. The van der Waals surface area contributed by atoms with Gasteiger partial charge in [0.05, 0.1) is 18.4 Å². The minimum atomic E-state index is 0.882. The predicted octanol–water partition coefficient (Wildman–Crippen LogP) is 2.22. The summed E-state index contributed by atoms with van der Waals surface area (Å²) in [5.74, 6) is 1.15. The van der Waals surface area contributed by atoms with E-state index in [1.807, 2.05) is 6.20 Å². The summed E-state index contributed by atoms with van der Waals surface area (Å²) < 4.78 is 2.32. The second-order valence-corrected chi connectivity index (χ2v) is 4.44. The van der Waals surface area contributed by atoms with Crippen LogP contribution in [0.1, 0.15) is 18.3 Å². The molecular formula is C14H17N3. The van der Waals surface area contributed by atoms with Crippen molar-refractivity contribution < 1.29 is 0 Å². The van der Waals surface area contributed by atoms with Crippen LogP contribution in [0.15, 0.2) is 30.5 Å². The average molecular weight is 227 g/mol. The van der Waals surface area contributed by atoms with E-state index in [1.165, 1.54) is 16.8 Å². The number of imidazole rings is 1. The van der Waals surface area contributed by atoms with Crippen molar-refractivity contribution in [2.75, 3.05) is 6.54 Å². The SMILES string of the molecule is CCc1cccc(-c2cnc3n2CCNC3)c1. The Balaban J connectivity index is 2.05. The maximum absolute atomic E-state index is 4.49. The summed E-state index contributed by atoms with van der Waals surface area (Å²) >= 11 is 0. The number of nitrogens with zero attached hydrogens (tertiary/aromatic N) is 2. The molecule has 3 rings (SSSR count). The van der Waals surface area contributed by atoms with E-state index in [0.29, 0.717) is 0 Å². The predicted molar refractivity (Wildman–Crippen MR) is 68.7 cm³/mol. The third-order valence-electron chi connectivity index (χ3n) is 3.36. The summed E-state index contributed by atoms with van der Waals surface area (Å²) in [5, 5.41) is 3.34. The molecule has 1 aliphatic heterocycles. The molecule has 0 saturated carbocycles. The summed E-state index contributed by atoms with van der Waals surface area (Å²) in [6.07, 6.45) is 3.08. The molecule has 3 heteroatoms. The van der Waals surface area contributed by atoms with Crippen LogP contribution in [0.3, 0.4) is 0 Å². The summed E-state index contributed by atoms with van der Waals surface area (Å²) in [7, 11) is 0. The topological polar surface area (TPSA) is 29.9 Å². The molecule has 0 aliphatic carbocycles. The van der Waals surface area contributed by atoms with Gasteiger partial charge >= 0.3 is 0 Å². The first kappa shape index (κ1) is 10.5. The van der Waals surface area contributed by atoms with Gasteiger partial charge in [0, 0.05) is 18.7 Å². The normalized spacial score (nSPS) is 14.6. The minimum absolute atomic E-state index is 0.882. The Labute approximate surface area is 101 Å². The van der Waals surface area contributed by atoms with Crippen LogP contribution in [-0.4, -0.2) is 16.1 Å². The minimum Gasteiger partial charge on any atom is -0.326 e. The fourth-order valence-corrected chi connectivity index (χ4v) is 2.38. The molecule has 0 spiro atoms. The Morgan fingerprint density at radius 2 is 2.35 bits per heavy atom. The number of aromatic nitrogens is 2. The fraction of sp³-hybridized carbons (Fsp3) is 0.357. The number of rotatable bonds is 2. The van der Waals surface area contributed by atoms with E-state index < -0.39 is 0 Å². The van der Waals surface area contributed by atoms with Crippen molar-refractivity contribution in [3.63, 3.8) is 0 Å². The van der Waals surface area contributed by atoms with Gasteiger partial charge in [0.2, 0.25) is 0 Å². The zero-order valence-corrected chi connectivity index (χ0v) is 10.1. The summed E-state index contributed by atoms with van der Waals surface area (Å²) in [6, 6.07) is 8.76. The molecule has 88 valence electrons. The van der Waals surface area contributed by atoms with Gasteiger partial charge in [-0.25, -0.2) is 4.98 Å². The van der Waals surface area contributed by atoms with Gasteiger partial charge in [0.15, 0.2) is 0 Å². The Kier molecular flexibility index (Phi) is 2.69. The van der Waals surface area contributed by atoms with Crippen LogP contribution in [0.2, 0.25) is 0 Å². The lowest BCUT2D eigenvalue weighted by molar-refractivity contribution is 0.508. The van der Waals surface area contributed by atoms with E-state index in [9.17, 15) is 0 Å². The van der Waals surface area contributed by atoms with Crippen LogP contribution in [0, 0.1) is 0 Å². The first-order valence-electron chi connectivity index (χ1n) is 6.23. The quantitative estimate of drug-likeness (QED) is 0.852. The van der Waals surface area contributed by atoms with E-state index in [-0.39, 0.29) is 0 Å². The van der Waals surface area contributed by atoms with Gasteiger partial charge in [-0.05, 0) is 18.1 Å². The molecule has 0 saturated heterocycles. The molecule has 1 aliphatic rings. The average Bonchev–Trinajstić information content (AvgIpc) is 2.82. The van der Waals surface area contributed by atoms with E-state index in [1.54, 1.807) is 0 Å². The second kappa shape index (κ2) is 4.34. The van der Waals surface area contributed by atoms with Gasteiger partial charge < -0.3 is 9.88 Å². The van der Waals surface area contributed by atoms with Crippen LogP contribution in [0.25, 0.3) is 11.3 Å². The third-order valence-corrected chi connectivity index (χ3v) is 3.36. The molecule has 1 aromatic heterocycles. The van der Waals surface area contributed by atoms with Crippen LogP contribution >= 0.6 is 0 Å². The van der Waals surface area contributed by atoms with Gasteiger partial charge in [-0.15, -0.1) is 0 Å². The molecule has 17 heavy (non-hydrogen) atoms. The third kappa shape index (κ3) is 1.87. The number of aryl methyl sites for hydroxylation is 1. The molecule has 0 amide bonds. The van der Waals surface area contributed by atoms with Gasteiger partial charge in [-0.2, -0.15) is 0 Å². The lowest BCUT2D eigenvalue weighted by Crippen LogP contribution is -2.28. The molecule has 0 fully saturated rings. The highest BCUT2D eigenvalue weighted by Gasteiger charge is 2.14. The van der Waals surface area contributed by atoms with Crippen molar-refractivity contribution in [3.05, 3.63) is 41.9 Å². The lowest BCUT2D eigenvalue weighted by atomic mass is 10.1. The smallest absolute Gasteiger partial charge is 0.123 e. The van der Waals surface area contributed by atoms with E-state index in [4.69, 9.17) is 0 Å². The molecule has 0 unspecified atom stereocenters. The van der Waals surface area contributed by atoms with Crippen molar-refractivity contribution in [1.82, 2.24) is 14.9 Å². The van der Waals surface area contributed by atoms with Crippen LogP contribution in [0.4, 0.5) is 0 Å². The highest BCUT2D eigenvalue weighted by molar-refractivity contribution is 5.60. The van der Waals surface area contributed by atoms with Crippen LogP contribution < -0.4 is 5.32 Å². The van der Waals surface area contributed by atoms with Crippen LogP contribution in [-0.2, 0) is 19.5 Å². The zero-order chi connectivity index (χ0) is 11.7. The largest absolute Gasteiger partial charge is 0.326 e. The Bertz CT molecular complexity index is 528. The fourth-order valence-electron chi connectivity index (χ4n) is 2.38. The molecule has 0 radical (unpaired) electrons. The number of benzene rings is 1. The first-order chi connectivity index (χ1) is 8.38. The number of fused-ring (bicyclic) bond motifs is 1. The van der Waals surface area contributed by atoms with Gasteiger partial charge in [0.1, 0.15) is 5.82 Å². The molecule has 0 atom stereocenters. The maximum Gasteiger partial charge on any atom is 0.123 e. The van der Waals surface area contributed by atoms with Crippen molar-refractivity contribution >= 4 is 0 Å².